The number of aryl methyl sites for hydroxylation is 2. The molecule has 0 aromatic heterocycles. The second-order valence-electron chi connectivity index (χ2n) is 4.99. The first kappa shape index (κ1) is 13.9. The van der Waals surface area contributed by atoms with E-state index in [0.717, 1.165) is 5.75 Å². The van der Waals surface area contributed by atoms with Crippen molar-refractivity contribution in [1.82, 2.24) is 0 Å². The Hall–Kier alpha value is -0.520. The maximum atomic E-state index is 11.4. The van der Waals surface area contributed by atoms with Crippen molar-refractivity contribution in [2.45, 2.75) is 31.0 Å². The van der Waals surface area contributed by atoms with Crippen LogP contribution in [0.4, 0.5) is 0 Å². The van der Waals surface area contributed by atoms with E-state index in [-0.39, 0.29) is 16.8 Å². The van der Waals surface area contributed by atoms with Crippen LogP contribution in [0.15, 0.2) is 18.2 Å². The van der Waals surface area contributed by atoms with Crippen LogP contribution in [-0.2, 0) is 15.6 Å². The highest BCUT2D eigenvalue weighted by molar-refractivity contribution is 8.01. The SMILES string of the molecule is Cc1cc(C)cc(CSC2CS(=O)(=O)CC2O)c1. The fourth-order valence-corrected chi connectivity index (χ4v) is 5.94. The zero-order valence-electron chi connectivity index (χ0n) is 10.6. The van der Waals surface area contributed by atoms with E-state index in [0.29, 0.717) is 0 Å². The lowest BCUT2D eigenvalue weighted by Crippen LogP contribution is -2.20. The number of aliphatic hydroxyl groups excluding tert-OH is 1. The molecule has 0 bridgehead atoms. The predicted octanol–water partition coefficient (Wildman–Crippen LogP) is 1.69. The maximum Gasteiger partial charge on any atom is 0.154 e. The summed E-state index contributed by atoms with van der Waals surface area (Å²) in [6, 6.07) is 6.33. The van der Waals surface area contributed by atoms with Gasteiger partial charge >= 0.3 is 0 Å². The van der Waals surface area contributed by atoms with Crippen molar-refractivity contribution in [1.29, 1.82) is 0 Å². The van der Waals surface area contributed by atoms with E-state index in [4.69, 9.17) is 0 Å². The molecule has 0 spiro atoms. The Morgan fingerprint density at radius 1 is 1.22 bits per heavy atom. The highest BCUT2D eigenvalue weighted by atomic mass is 32.2. The molecular weight excluding hydrogens is 268 g/mol. The molecule has 1 saturated heterocycles. The molecule has 1 fully saturated rings. The van der Waals surface area contributed by atoms with Crippen LogP contribution in [0.25, 0.3) is 0 Å². The quantitative estimate of drug-likeness (QED) is 0.919. The van der Waals surface area contributed by atoms with Gasteiger partial charge in [0.1, 0.15) is 0 Å². The average molecular weight is 286 g/mol. The zero-order chi connectivity index (χ0) is 13.3. The Balaban J connectivity index is 2.00. The van der Waals surface area contributed by atoms with Gasteiger partial charge in [0, 0.05) is 11.0 Å². The molecular formula is C13H18O3S2. The molecule has 18 heavy (non-hydrogen) atoms. The lowest BCUT2D eigenvalue weighted by Gasteiger charge is -2.12. The van der Waals surface area contributed by atoms with Crippen molar-refractivity contribution >= 4 is 21.6 Å². The predicted molar refractivity (Wildman–Crippen MR) is 75.7 cm³/mol. The molecule has 0 saturated carbocycles. The van der Waals surface area contributed by atoms with E-state index in [2.05, 4.69) is 32.0 Å². The smallest absolute Gasteiger partial charge is 0.154 e. The van der Waals surface area contributed by atoms with Crippen LogP contribution in [0.1, 0.15) is 16.7 Å². The lowest BCUT2D eigenvalue weighted by molar-refractivity contribution is 0.207. The average Bonchev–Trinajstić information content (AvgIpc) is 2.47. The Bertz CT molecular complexity index is 517. The zero-order valence-corrected chi connectivity index (χ0v) is 12.2. The van der Waals surface area contributed by atoms with Crippen LogP contribution in [0.3, 0.4) is 0 Å². The third-order valence-corrected chi connectivity index (χ3v) is 6.35. The number of hydrogen-bond donors (Lipinski definition) is 1. The first-order chi connectivity index (χ1) is 8.35. The minimum Gasteiger partial charge on any atom is -0.391 e. The molecule has 0 radical (unpaired) electrons. The van der Waals surface area contributed by atoms with Crippen LogP contribution in [0.2, 0.25) is 0 Å². The molecule has 1 N–H and O–H groups in total. The summed E-state index contributed by atoms with van der Waals surface area (Å²) in [7, 11) is -3.04. The standard InChI is InChI=1S/C13H18O3S2/c1-9-3-10(2)5-11(4-9)6-17-13-8-18(15,16)7-12(13)14/h3-5,12-14H,6-8H2,1-2H3. The molecule has 2 rings (SSSR count). The highest BCUT2D eigenvalue weighted by Gasteiger charge is 2.36. The first-order valence-electron chi connectivity index (χ1n) is 5.93. The van der Waals surface area contributed by atoms with Crippen LogP contribution in [0.5, 0.6) is 0 Å². The Labute approximate surface area is 113 Å². The molecule has 3 nitrogen and oxygen atoms in total. The summed E-state index contributed by atoms with van der Waals surface area (Å²) in [5.74, 6) is 0.765. The molecule has 1 aliphatic heterocycles. The monoisotopic (exact) mass is 286 g/mol. The second-order valence-corrected chi connectivity index (χ2v) is 8.37. The summed E-state index contributed by atoms with van der Waals surface area (Å²) < 4.78 is 22.8. The molecule has 0 amide bonds. The van der Waals surface area contributed by atoms with Gasteiger partial charge in [-0.05, 0) is 19.4 Å². The van der Waals surface area contributed by atoms with Gasteiger partial charge in [0.15, 0.2) is 9.84 Å². The molecule has 100 valence electrons. The summed E-state index contributed by atoms with van der Waals surface area (Å²) in [5, 5.41) is 9.53. The summed E-state index contributed by atoms with van der Waals surface area (Å²) >= 11 is 1.54. The van der Waals surface area contributed by atoms with Crippen LogP contribution in [-0.4, -0.2) is 36.4 Å². The summed E-state index contributed by atoms with van der Waals surface area (Å²) in [4.78, 5) is 0. The van der Waals surface area contributed by atoms with Crippen molar-refractivity contribution in [2.24, 2.45) is 0 Å². The van der Waals surface area contributed by atoms with Crippen LogP contribution < -0.4 is 0 Å². The van der Waals surface area contributed by atoms with Crippen LogP contribution in [0, 0.1) is 13.8 Å². The number of rotatable bonds is 3. The number of hydrogen-bond acceptors (Lipinski definition) is 4. The van der Waals surface area contributed by atoms with Gasteiger partial charge in [-0.1, -0.05) is 29.3 Å². The van der Waals surface area contributed by atoms with Gasteiger partial charge in [-0.2, -0.15) is 0 Å². The third-order valence-electron chi connectivity index (χ3n) is 3.02. The van der Waals surface area contributed by atoms with Gasteiger partial charge in [0.25, 0.3) is 0 Å². The molecule has 1 aromatic carbocycles. The molecule has 5 heteroatoms. The van der Waals surface area contributed by atoms with E-state index < -0.39 is 15.9 Å². The van der Waals surface area contributed by atoms with E-state index in [1.54, 1.807) is 0 Å². The third kappa shape index (κ3) is 3.49. The number of benzene rings is 1. The van der Waals surface area contributed by atoms with Crippen molar-refractivity contribution in [3.63, 3.8) is 0 Å². The Morgan fingerprint density at radius 3 is 2.33 bits per heavy atom. The van der Waals surface area contributed by atoms with Crippen molar-refractivity contribution in [3.05, 3.63) is 34.9 Å². The van der Waals surface area contributed by atoms with E-state index in [9.17, 15) is 13.5 Å². The summed E-state index contributed by atoms with van der Waals surface area (Å²) in [5.41, 5.74) is 3.62. The van der Waals surface area contributed by atoms with E-state index in [1.807, 2.05) is 0 Å². The maximum absolute atomic E-state index is 11.4. The highest BCUT2D eigenvalue weighted by Crippen LogP contribution is 2.28. The fraction of sp³-hybridized carbons (Fsp3) is 0.538. The van der Waals surface area contributed by atoms with Crippen molar-refractivity contribution in [2.75, 3.05) is 11.5 Å². The minimum absolute atomic E-state index is 0.0858. The molecule has 2 unspecified atom stereocenters. The molecule has 1 aliphatic rings. The normalized spacial score (nSPS) is 26.4. The first-order valence-corrected chi connectivity index (χ1v) is 8.80. The number of sulfone groups is 1. The molecule has 2 atom stereocenters. The van der Waals surface area contributed by atoms with Gasteiger partial charge in [0.2, 0.25) is 0 Å². The number of aliphatic hydroxyl groups is 1. The largest absolute Gasteiger partial charge is 0.391 e. The minimum atomic E-state index is -3.04. The van der Waals surface area contributed by atoms with E-state index in [1.165, 1.54) is 28.5 Å². The topological polar surface area (TPSA) is 54.4 Å². The van der Waals surface area contributed by atoms with Gasteiger partial charge in [-0.15, -0.1) is 11.8 Å². The Kier molecular flexibility index (Phi) is 4.04. The Morgan fingerprint density at radius 2 is 1.83 bits per heavy atom. The van der Waals surface area contributed by atoms with Gasteiger partial charge < -0.3 is 5.11 Å². The lowest BCUT2D eigenvalue weighted by atomic mass is 10.1. The second kappa shape index (κ2) is 5.23. The van der Waals surface area contributed by atoms with Gasteiger partial charge in [0.05, 0.1) is 17.6 Å². The van der Waals surface area contributed by atoms with E-state index >= 15 is 0 Å². The van der Waals surface area contributed by atoms with Gasteiger partial charge in [-0.3, -0.25) is 0 Å². The molecule has 1 aromatic rings. The van der Waals surface area contributed by atoms with Crippen molar-refractivity contribution in [3.8, 4) is 0 Å². The molecule has 0 aliphatic carbocycles. The summed E-state index contributed by atoms with van der Waals surface area (Å²) in [6.07, 6.45) is -0.717. The fourth-order valence-electron chi connectivity index (χ4n) is 2.31. The van der Waals surface area contributed by atoms with Crippen molar-refractivity contribution < 1.29 is 13.5 Å². The summed E-state index contributed by atoms with van der Waals surface area (Å²) in [6.45, 7) is 4.10. The molecule has 1 heterocycles. The van der Waals surface area contributed by atoms with Gasteiger partial charge in [-0.25, -0.2) is 8.42 Å². The number of thioether (sulfide) groups is 1. The van der Waals surface area contributed by atoms with Crippen LogP contribution >= 0.6 is 11.8 Å².